The molecule has 0 aromatic heterocycles. The number of nitrogens with one attached hydrogen (secondary N) is 1. The Morgan fingerprint density at radius 1 is 1.33 bits per heavy atom. The zero-order valence-corrected chi connectivity index (χ0v) is 10.9. The van der Waals surface area contributed by atoms with Crippen LogP contribution in [0.25, 0.3) is 0 Å². The lowest BCUT2D eigenvalue weighted by atomic mass is 9.99. The molecule has 0 fully saturated rings. The van der Waals surface area contributed by atoms with E-state index in [4.69, 9.17) is 11.5 Å². The van der Waals surface area contributed by atoms with Crippen molar-refractivity contribution in [3.63, 3.8) is 0 Å². The summed E-state index contributed by atoms with van der Waals surface area (Å²) in [5.74, 6) is -0.764. The SMILES string of the molecule is Cc1ccc(N)c(C(=O)NC(C)(C)CC(N)=O)c1. The van der Waals surface area contributed by atoms with Crippen molar-refractivity contribution in [3.8, 4) is 0 Å². The first-order valence-electron chi connectivity index (χ1n) is 5.68. The number of nitrogens with two attached hydrogens (primary N) is 2. The van der Waals surface area contributed by atoms with Crippen LogP contribution >= 0.6 is 0 Å². The van der Waals surface area contributed by atoms with Crippen molar-refractivity contribution in [2.24, 2.45) is 5.73 Å². The first kappa shape index (κ1) is 14.0. The number of anilines is 1. The Morgan fingerprint density at radius 2 is 1.94 bits per heavy atom. The molecule has 0 radical (unpaired) electrons. The fourth-order valence-electron chi connectivity index (χ4n) is 1.72. The van der Waals surface area contributed by atoms with Gasteiger partial charge in [-0.25, -0.2) is 0 Å². The summed E-state index contributed by atoms with van der Waals surface area (Å²) in [5.41, 5.74) is 12.0. The summed E-state index contributed by atoms with van der Waals surface area (Å²) in [6.07, 6.45) is 0.0739. The van der Waals surface area contributed by atoms with Gasteiger partial charge in [0.15, 0.2) is 0 Å². The minimum Gasteiger partial charge on any atom is -0.398 e. The van der Waals surface area contributed by atoms with Gasteiger partial charge in [-0.3, -0.25) is 9.59 Å². The highest BCUT2D eigenvalue weighted by atomic mass is 16.2. The minimum absolute atomic E-state index is 0.0739. The number of amides is 2. The monoisotopic (exact) mass is 249 g/mol. The molecule has 5 N–H and O–H groups in total. The van der Waals surface area contributed by atoms with Gasteiger partial charge >= 0.3 is 0 Å². The van der Waals surface area contributed by atoms with Gasteiger partial charge in [0.25, 0.3) is 5.91 Å². The lowest BCUT2D eigenvalue weighted by molar-refractivity contribution is -0.119. The van der Waals surface area contributed by atoms with E-state index in [1.54, 1.807) is 26.0 Å². The van der Waals surface area contributed by atoms with Crippen molar-refractivity contribution in [3.05, 3.63) is 29.3 Å². The number of benzene rings is 1. The second kappa shape index (κ2) is 5.08. The summed E-state index contributed by atoms with van der Waals surface area (Å²) in [6.45, 7) is 5.36. The van der Waals surface area contributed by atoms with Crippen molar-refractivity contribution >= 4 is 17.5 Å². The number of nitrogen functional groups attached to an aromatic ring is 1. The fraction of sp³-hybridized carbons (Fsp3) is 0.385. The maximum Gasteiger partial charge on any atom is 0.253 e. The third-order valence-electron chi connectivity index (χ3n) is 2.52. The molecule has 0 aliphatic heterocycles. The van der Waals surface area contributed by atoms with Gasteiger partial charge in [0, 0.05) is 17.6 Å². The average molecular weight is 249 g/mol. The van der Waals surface area contributed by atoms with Gasteiger partial charge in [0.2, 0.25) is 5.91 Å². The van der Waals surface area contributed by atoms with Gasteiger partial charge in [-0.15, -0.1) is 0 Å². The van der Waals surface area contributed by atoms with Crippen LogP contribution in [0, 0.1) is 6.92 Å². The third-order valence-corrected chi connectivity index (χ3v) is 2.52. The maximum absolute atomic E-state index is 12.1. The van der Waals surface area contributed by atoms with E-state index in [0.29, 0.717) is 11.3 Å². The molecule has 5 nitrogen and oxygen atoms in total. The van der Waals surface area contributed by atoms with Gasteiger partial charge in [-0.2, -0.15) is 0 Å². The molecule has 0 unspecified atom stereocenters. The second-order valence-electron chi connectivity index (χ2n) is 5.07. The van der Waals surface area contributed by atoms with Gasteiger partial charge < -0.3 is 16.8 Å². The van der Waals surface area contributed by atoms with Crippen LogP contribution < -0.4 is 16.8 Å². The summed E-state index contributed by atoms with van der Waals surface area (Å²) in [6, 6.07) is 5.23. The topological polar surface area (TPSA) is 98.2 Å². The molecule has 5 heteroatoms. The quantitative estimate of drug-likeness (QED) is 0.693. The normalized spacial score (nSPS) is 11.1. The third kappa shape index (κ3) is 3.76. The predicted octanol–water partition coefficient (Wildman–Crippen LogP) is 0.961. The van der Waals surface area contributed by atoms with Crippen LogP contribution in [-0.2, 0) is 4.79 Å². The van der Waals surface area contributed by atoms with Gasteiger partial charge in [-0.1, -0.05) is 11.6 Å². The number of aryl methyl sites for hydroxylation is 1. The summed E-state index contributed by atoms with van der Waals surface area (Å²) >= 11 is 0. The standard InChI is InChI=1S/C13H19N3O2/c1-8-4-5-10(14)9(6-8)12(18)16-13(2,3)7-11(15)17/h4-6H,7,14H2,1-3H3,(H2,15,17)(H,16,18). The first-order valence-corrected chi connectivity index (χ1v) is 5.68. The zero-order chi connectivity index (χ0) is 13.9. The van der Waals surface area contributed by atoms with E-state index in [1.807, 2.05) is 13.0 Å². The van der Waals surface area contributed by atoms with Crippen molar-refractivity contribution in [1.29, 1.82) is 0 Å². The highest BCUT2D eigenvalue weighted by Gasteiger charge is 2.24. The number of primary amides is 1. The van der Waals surface area contributed by atoms with Crippen LogP contribution in [0.5, 0.6) is 0 Å². The summed E-state index contributed by atoms with van der Waals surface area (Å²) in [4.78, 5) is 23.0. The molecule has 0 spiro atoms. The lowest BCUT2D eigenvalue weighted by Gasteiger charge is -2.25. The Balaban J connectivity index is 2.88. The van der Waals surface area contributed by atoms with Crippen LogP contribution in [0.3, 0.4) is 0 Å². The van der Waals surface area contributed by atoms with Crippen LogP contribution in [-0.4, -0.2) is 17.4 Å². The van der Waals surface area contributed by atoms with Crippen LogP contribution in [0.1, 0.15) is 36.2 Å². The van der Waals surface area contributed by atoms with E-state index in [-0.39, 0.29) is 12.3 Å². The molecule has 0 aliphatic carbocycles. The molecular weight excluding hydrogens is 230 g/mol. The van der Waals surface area contributed by atoms with E-state index < -0.39 is 11.4 Å². The van der Waals surface area contributed by atoms with Crippen molar-refractivity contribution < 1.29 is 9.59 Å². The number of hydrogen-bond donors (Lipinski definition) is 3. The lowest BCUT2D eigenvalue weighted by Crippen LogP contribution is -2.46. The Labute approximate surface area is 107 Å². The van der Waals surface area contributed by atoms with Crippen LogP contribution in [0.4, 0.5) is 5.69 Å². The minimum atomic E-state index is -0.695. The molecule has 0 bridgehead atoms. The molecule has 0 saturated heterocycles. The predicted molar refractivity (Wildman–Crippen MR) is 70.9 cm³/mol. The largest absolute Gasteiger partial charge is 0.398 e. The highest BCUT2D eigenvalue weighted by Crippen LogP contribution is 2.16. The molecule has 18 heavy (non-hydrogen) atoms. The maximum atomic E-state index is 12.1. The Bertz CT molecular complexity index is 481. The first-order chi connectivity index (χ1) is 8.21. The Kier molecular flexibility index (Phi) is 3.96. The van der Waals surface area contributed by atoms with E-state index in [1.165, 1.54) is 0 Å². The Hall–Kier alpha value is -2.04. The smallest absolute Gasteiger partial charge is 0.253 e. The number of hydrogen-bond acceptors (Lipinski definition) is 3. The summed E-state index contributed by atoms with van der Waals surface area (Å²) < 4.78 is 0. The molecule has 1 rings (SSSR count). The van der Waals surface area contributed by atoms with Crippen molar-refractivity contribution in [2.45, 2.75) is 32.7 Å². The van der Waals surface area contributed by atoms with Gasteiger partial charge in [0.05, 0.1) is 5.56 Å². The van der Waals surface area contributed by atoms with E-state index >= 15 is 0 Å². The average Bonchev–Trinajstić information content (AvgIpc) is 2.18. The van der Waals surface area contributed by atoms with Crippen molar-refractivity contribution in [1.82, 2.24) is 5.32 Å². The number of carbonyl (C=O) groups is 2. The molecule has 98 valence electrons. The van der Waals surface area contributed by atoms with Crippen molar-refractivity contribution in [2.75, 3.05) is 5.73 Å². The molecule has 0 aliphatic rings. The molecule has 0 saturated carbocycles. The summed E-state index contributed by atoms with van der Waals surface area (Å²) in [7, 11) is 0. The van der Waals surface area contributed by atoms with Gasteiger partial charge in [-0.05, 0) is 32.9 Å². The Morgan fingerprint density at radius 3 is 2.50 bits per heavy atom. The zero-order valence-electron chi connectivity index (χ0n) is 10.9. The molecule has 0 atom stereocenters. The number of carbonyl (C=O) groups excluding carboxylic acids is 2. The molecule has 0 heterocycles. The van der Waals surface area contributed by atoms with Crippen LogP contribution in [0.15, 0.2) is 18.2 Å². The molecule has 1 aromatic rings. The fourth-order valence-corrected chi connectivity index (χ4v) is 1.72. The van der Waals surface area contributed by atoms with Crippen LogP contribution in [0.2, 0.25) is 0 Å². The highest BCUT2D eigenvalue weighted by molar-refractivity contribution is 5.99. The second-order valence-corrected chi connectivity index (χ2v) is 5.07. The van der Waals surface area contributed by atoms with E-state index in [0.717, 1.165) is 5.56 Å². The molecular formula is C13H19N3O2. The molecule has 1 aromatic carbocycles. The van der Waals surface area contributed by atoms with Gasteiger partial charge in [0.1, 0.15) is 0 Å². The summed E-state index contributed by atoms with van der Waals surface area (Å²) in [5, 5.41) is 2.75. The molecule has 2 amide bonds. The number of rotatable bonds is 4. The van der Waals surface area contributed by atoms with E-state index in [2.05, 4.69) is 5.32 Å². The van der Waals surface area contributed by atoms with E-state index in [9.17, 15) is 9.59 Å².